The Morgan fingerprint density at radius 2 is 2.11 bits per heavy atom. The van der Waals surface area contributed by atoms with Gasteiger partial charge < -0.3 is 14.6 Å². The van der Waals surface area contributed by atoms with E-state index in [4.69, 9.17) is 14.6 Å². The van der Waals surface area contributed by atoms with Gasteiger partial charge in [-0.2, -0.15) is 0 Å². The van der Waals surface area contributed by atoms with Crippen molar-refractivity contribution in [3.63, 3.8) is 0 Å². The molecule has 0 aromatic heterocycles. The van der Waals surface area contributed by atoms with Gasteiger partial charge in [-0.25, -0.2) is 0 Å². The SMILES string of the molecule is CCC1OCOC1CO. The van der Waals surface area contributed by atoms with E-state index in [1.807, 2.05) is 6.92 Å². The van der Waals surface area contributed by atoms with Crippen molar-refractivity contribution in [1.82, 2.24) is 0 Å². The van der Waals surface area contributed by atoms with Gasteiger partial charge in [0.2, 0.25) is 0 Å². The van der Waals surface area contributed by atoms with Crippen LogP contribution in [-0.2, 0) is 9.47 Å². The molecule has 0 spiro atoms. The lowest BCUT2D eigenvalue weighted by Crippen LogP contribution is -2.25. The van der Waals surface area contributed by atoms with Gasteiger partial charge in [-0.1, -0.05) is 6.92 Å². The smallest absolute Gasteiger partial charge is 0.147 e. The summed E-state index contributed by atoms with van der Waals surface area (Å²) < 4.78 is 10.2. The summed E-state index contributed by atoms with van der Waals surface area (Å²) >= 11 is 0. The van der Waals surface area contributed by atoms with Crippen molar-refractivity contribution in [3.8, 4) is 0 Å². The molecule has 0 aromatic carbocycles. The third-order valence-electron chi connectivity index (χ3n) is 1.56. The maximum absolute atomic E-state index is 8.66. The van der Waals surface area contributed by atoms with E-state index in [0.717, 1.165) is 6.42 Å². The molecule has 0 bridgehead atoms. The zero-order valence-corrected chi connectivity index (χ0v) is 5.54. The largest absolute Gasteiger partial charge is 0.394 e. The Morgan fingerprint density at radius 1 is 1.44 bits per heavy atom. The van der Waals surface area contributed by atoms with Crippen molar-refractivity contribution in [1.29, 1.82) is 0 Å². The van der Waals surface area contributed by atoms with Gasteiger partial charge in [0.15, 0.2) is 0 Å². The summed E-state index contributed by atoms with van der Waals surface area (Å²) in [7, 11) is 0. The van der Waals surface area contributed by atoms with Crippen molar-refractivity contribution >= 4 is 0 Å². The van der Waals surface area contributed by atoms with Gasteiger partial charge in [0.05, 0.1) is 12.7 Å². The Kier molecular flexibility index (Phi) is 2.45. The van der Waals surface area contributed by atoms with E-state index in [9.17, 15) is 0 Å². The van der Waals surface area contributed by atoms with Crippen LogP contribution in [0.2, 0.25) is 0 Å². The molecule has 3 nitrogen and oxygen atoms in total. The first-order valence-corrected chi connectivity index (χ1v) is 3.22. The molecule has 54 valence electrons. The second-order valence-electron chi connectivity index (χ2n) is 2.12. The highest BCUT2D eigenvalue weighted by molar-refractivity contribution is 4.70. The molecule has 1 heterocycles. The van der Waals surface area contributed by atoms with Crippen LogP contribution < -0.4 is 0 Å². The van der Waals surface area contributed by atoms with E-state index < -0.39 is 0 Å². The second-order valence-corrected chi connectivity index (χ2v) is 2.12. The van der Waals surface area contributed by atoms with E-state index in [1.54, 1.807) is 0 Å². The highest BCUT2D eigenvalue weighted by Gasteiger charge is 2.26. The average molecular weight is 132 g/mol. The number of aliphatic hydroxyl groups excluding tert-OH is 1. The van der Waals surface area contributed by atoms with E-state index in [2.05, 4.69) is 0 Å². The minimum absolute atomic E-state index is 0.0680. The fraction of sp³-hybridized carbons (Fsp3) is 1.00. The molecular formula is C6H12O3. The first-order valence-electron chi connectivity index (χ1n) is 3.22. The number of aliphatic hydroxyl groups is 1. The Hall–Kier alpha value is -0.120. The predicted molar refractivity (Wildman–Crippen MR) is 32.0 cm³/mol. The van der Waals surface area contributed by atoms with Crippen LogP contribution >= 0.6 is 0 Å². The minimum atomic E-state index is -0.0880. The van der Waals surface area contributed by atoms with E-state index in [-0.39, 0.29) is 18.8 Å². The monoisotopic (exact) mass is 132 g/mol. The third-order valence-corrected chi connectivity index (χ3v) is 1.56. The van der Waals surface area contributed by atoms with Gasteiger partial charge in [-0.3, -0.25) is 0 Å². The summed E-state index contributed by atoms with van der Waals surface area (Å²) in [5.41, 5.74) is 0. The molecule has 1 aliphatic rings. The van der Waals surface area contributed by atoms with Crippen molar-refractivity contribution in [3.05, 3.63) is 0 Å². The van der Waals surface area contributed by atoms with Crippen LogP contribution in [0.3, 0.4) is 0 Å². The standard InChI is InChI=1S/C6H12O3/c1-2-5-6(3-7)9-4-8-5/h5-7H,2-4H2,1H3. The van der Waals surface area contributed by atoms with Gasteiger partial charge in [-0.15, -0.1) is 0 Å². The van der Waals surface area contributed by atoms with Gasteiger partial charge in [0.1, 0.15) is 12.9 Å². The fourth-order valence-electron chi connectivity index (χ4n) is 0.980. The molecule has 1 aliphatic heterocycles. The van der Waals surface area contributed by atoms with Crippen LogP contribution in [-0.4, -0.2) is 30.7 Å². The lowest BCUT2D eigenvalue weighted by Gasteiger charge is -2.10. The van der Waals surface area contributed by atoms with Crippen LogP contribution in [0.1, 0.15) is 13.3 Å². The molecule has 1 fully saturated rings. The number of rotatable bonds is 2. The van der Waals surface area contributed by atoms with Crippen molar-refractivity contribution in [2.24, 2.45) is 0 Å². The maximum Gasteiger partial charge on any atom is 0.147 e. The molecule has 1 rings (SSSR count). The van der Waals surface area contributed by atoms with Crippen molar-refractivity contribution in [2.45, 2.75) is 25.6 Å². The molecule has 0 aliphatic carbocycles. The van der Waals surface area contributed by atoms with Gasteiger partial charge in [0, 0.05) is 0 Å². The molecule has 0 amide bonds. The zero-order valence-electron chi connectivity index (χ0n) is 5.54. The molecular weight excluding hydrogens is 120 g/mol. The highest BCUT2D eigenvalue weighted by Crippen LogP contribution is 2.14. The average Bonchev–Trinajstić information content (AvgIpc) is 2.33. The Bertz CT molecular complexity index is 74.4. The summed E-state index contributed by atoms with van der Waals surface area (Å²) in [6.07, 6.45) is 0.926. The van der Waals surface area contributed by atoms with Gasteiger partial charge >= 0.3 is 0 Å². The molecule has 2 unspecified atom stereocenters. The topological polar surface area (TPSA) is 38.7 Å². The summed E-state index contributed by atoms with van der Waals surface area (Å²) in [6, 6.07) is 0. The maximum atomic E-state index is 8.66. The molecule has 9 heavy (non-hydrogen) atoms. The van der Waals surface area contributed by atoms with E-state index in [1.165, 1.54) is 0 Å². The predicted octanol–water partition coefficient (Wildman–Crippen LogP) is 0.130. The van der Waals surface area contributed by atoms with Crippen molar-refractivity contribution in [2.75, 3.05) is 13.4 Å². The molecule has 1 saturated heterocycles. The molecule has 0 aromatic rings. The number of hydrogen-bond donors (Lipinski definition) is 1. The summed E-state index contributed by atoms with van der Waals surface area (Å²) in [4.78, 5) is 0. The van der Waals surface area contributed by atoms with Gasteiger partial charge in [0.25, 0.3) is 0 Å². The quantitative estimate of drug-likeness (QED) is 0.580. The lowest BCUT2D eigenvalue weighted by molar-refractivity contribution is 0.0266. The second kappa shape index (κ2) is 3.15. The lowest BCUT2D eigenvalue weighted by atomic mass is 10.2. The normalized spacial score (nSPS) is 35.3. The molecule has 1 N–H and O–H groups in total. The third kappa shape index (κ3) is 1.41. The van der Waals surface area contributed by atoms with E-state index in [0.29, 0.717) is 6.79 Å². The highest BCUT2D eigenvalue weighted by atomic mass is 16.7. The summed E-state index contributed by atoms with van der Waals surface area (Å²) in [5, 5.41) is 8.66. The molecule has 3 heteroatoms. The first kappa shape index (κ1) is 6.99. The number of hydrogen-bond acceptors (Lipinski definition) is 3. The Morgan fingerprint density at radius 3 is 2.56 bits per heavy atom. The van der Waals surface area contributed by atoms with E-state index >= 15 is 0 Å². The van der Waals surface area contributed by atoms with Crippen LogP contribution in [0, 0.1) is 0 Å². The molecule has 0 saturated carbocycles. The Balaban J connectivity index is 2.32. The van der Waals surface area contributed by atoms with Crippen LogP contribution in [0.4, 0.5) is 0 Å². The van der Waals surface area contributed by atoms with Crippen molar-refractivity contribution < 1.29 is 14.6 Å². The first-order chi connectivity index (χ1) is 4.38. The molecule has 2 atom stereocenters. The number of ether oxygens (including phenoxy) is 2. The zero-order chi connectivity index (χ0) is 6.69. The minimum Gasteiger partial charge on any atom is -0.394 e. The fourth-order valence-corrected chi connectivity index (χ4v) is 0.980. The van der Waals surface area contributed by atoms with Crippen LogP contribution in [0.25, 0.3) is 0 Å². The van der Waals surface area contributed by atoms with Crippen LogP contribution in [0.15, 0.2) is 0 Å². The van der Waals surface area contributed by atoms with Crippen LogP contribution in [0.5, 0.6) is 0 Å². The summed E-state index contributed by atoms with van der Waals surface area (Å²) in [5.74, 6) is 0. The Labute approximate surface area is 54.6 Å². The molecule has 0 radical (unpaired) electrons. The summed E-state index contributed by atoms with van der Waals surface area (Å²) in [6.45, 7) is 2.42. The van der Waals surface area contributed by atoms with Gasteiger partial charge in [-0.05, 0) is 6.42 Å².